The predicted molar refractivity (Wildman–Crippen MR) is 88.1 cm³/mol. The first kappa shape index (κ1) is 16.0. The quantitative estimate of drug-likeness (QED) is 0.692. The van der Waals surface area contributed by atoms with Gasteiger partial charge in [-0.3, -0.25) is 0 Å². The van der Waals surface area contributed by atoms with E-state index in [9.17, 15) is 8.78 Å². The summed E-state index contributed by atoms with van der Waals surface area (Å²) < 4.78 is 33.9. The molecule has 0 atom stereocenters. The molecule has 0 unspecified atom stereocenters. The van der Waals surface area contributed by atoms with Gasteiger partial charge in [0.15, 0.2) is 0 Å². The van der Waals surface area contributed by atoms with Crippen molar-refractivity contribution < 1.29 is 13.5 Å². The number of fused-ring (bicyclic) bond motifs is 1. The average Bonchev–Trinajstić information content (AvgIpc) is 2.91. The van der Waals surface area contributed by atoms with Crippen LogP contribution in [0.1, 0.15) is 16.8 Å². The molecule has 2 aromatic carbocycles. The van der Waals surface area contributed by atoms with E-state index in [0.29, 0.717) is 30.0 Å². The van der Waals surface area contributed by atoms with Gasteiger partial charge in [0.25, 0.3) is 0 Å². The van der Waals surface area contributed by atoms with Crippen molar-refractivity contribution in [1.29, 1.82) is 5.26 Å². The minimum Gasteiger partial charge on any atom is -0.492 e. The third-order valence-electron chi connectivity index (χ3n) is 4.06. The van der Waals surface area contributed by atoms with Crippen LogP contribution < -0.4 is 4.74 Å². The van der Waals surface area contributed by atoms with Crippen LogP contribution in [0.25, 0.3) is 10.9 Å². The van der Waals surface area contributed by atoms with Gasteiger partial charge in [0.2, 0.25) is 0 Å². The monoisotopic (exact) mass is 326 g/mol. The van der Waals surface area contributed by atoms with Crippen molar-refractivity contribution in [2.24, 2.45) is 0 Å². The fourth-order valence-corrected chi connectivity index (χ4v) is 2.86. The molecule has 0 amide bonds. The predicted octanol–water partition coefficient (Wildman–Crippen LogP) is 4.51. The summed E-state index contributed by atoms with van der Waals surface area (Å²) in [6.07, 6.45) is 0. The highest BCUT2D eigenvalue weighted by molar-refractivity contribution is 5.86. The van der Waals surface area contributed by atoms with Gasteiger partial charge in [-0.05, 0) is 49.4 Å². The van der Waals surface area contributed by atoms with Crippen molar-refractivity contribution >= 4 is 10.9 Å². The molecule has 1 heterocycles. The molecule has 3 nitrogen and oxygen atoms in total. The highest BCUT2D eigenvalue weighted by Crippen LogP contribution is 2.27. The maximum Gasteiger partial charge on any atom is 0.123 e. The molecular weight excluding hydrogens is 310 g/mol. The molecule has 0 spiro atoms. The first-order valence-electron chi connectivity index (χ1n) is 7.60. The molecule has 0 saturated carbocycles. The van der Waals surface area contributed by atoms with E-state index in [-0.39, 0.29) is 5.82 Å². The molecular formula is C19H16F2N2O. The van der Waals surface area contributed by atoms with Crippen molar-refractivity contribution in [3.63, 3.8) is 0 Å². The van der Waals surface area contributed by atoms with E-state index in [1.54, 1.807) is 18.2 Å². The van der Waals surface area contributed by atoms with Crippen LogP contribution in [0.15, 0.2) is 42.5 Å². The number of halogens is 2. The first-order chi connectivity index (χ1) is 11.6. The Labute approximate surface area is 138 Å². The molecule has 3 aromatic rings. The van der Waals surface area contributed by atoms with E-state index in [1.807, 2.05) is 29.7 Å². The zero-order chi connectivity index (χ0) is 17.1. The fraction of sp³-hybridized carbons (Fsp3) is 0.211. The van der Waals surface area contributed by atoms with Crippen LogP contribution in [-0.2, 0) is 13.2 Å². The number of ether oxygens (including phenoxy) is 1. The minimum absolute atomic E-state index is 0.304. The lowest BCUT2D eigenvalue weighted by atomic mass is 10.0. The van der Waals surface area contributed by atoms with Gasteiger partial charge in [-0.15, -0.1) is 0 Å². The van der Waals surface area contributed by atoms with Gasteiger partial charge in [-0.2, -0.15) is 5.26 Å². The summed E-state index contributed by atoms with van der Waals surface area (Å²) in [7, 11) is 0. The number of hydrogen-bond acceptors (Lipinski definition) is 2. The standard InChI is InChI=1S/C19H16F2N2O/c1-13-10-17-18(11-20)14(12-22)2-7-19(17)23(13)8-9-24-16-5-3-15(21)4-6-16/h2-7,10H,8-9,11H2,1H3. The van der Waals surface area contributed by atoms with E-state index in [2.05, 4.69) is 0 Å². The lowest BCUT2D eigenvalue weighted by Gasteiger charge is -2.11. The third-order valence-corrected chi connectivity index (χ3v) is 4.06. The second kappa shape index (κ2) is 6.71. The summed E-state index contributed by atoms with van der Waals surface area (Å²) >= 11 is 0. The Hall–Kier alpha value is -2.87. The summed E-state index contributed by atoms with van der Waals surface area (Å²) in [6, 6.07) is 13.3. The molecule has 5 heteroatoms. The number of aromatic nitrogens is 1. The highest BCUT2D eigenvalue weighted by atomic mass is 19.1. The smallest absolute Gasteiger partial charge is 0.123 e. The maximum absolute atomic E-state index is 13.3. The Morgan fingerprint density at radius 1 is 1.17 bits per heavy atom. The zero-order valence-corrected chi connectivity index (χ0v) is 13.2. The SMILES string of the molecule is Cc1cc2c(CF)c(C#N)ccc2n1CCOc1ccc(F)cc1. The van der Waals surface area contributed by atoms with Gasteiger partial charge in [-0.1, -0.05) is 0 Å². The van der Waals surface area contributed by atoms with Gasteiger partial charge >= 0.3 is 0 Å². The second-order valence-corrected chi connectivity index (χ2v) is 5.51. The van der Waals surface area contributed by atoms with Gasteiger partial charge < -0.3 is 9.30 Å². The lowest BCUT2D eigenvalue weighted by molar-refractivity contribution is 0.299. The first-order valence-corrected chi connectivity index (χ1v) is 7.60. The maximum atomic E-state index is 13.3. The molecule has 24 heavy (non-hydrogen) atoms. The van der Waals surface area contributed by atoms with Crippen molar-refractivity contribution in [1.82, 2.24) is 4.57 Å². The Balaban J connectivity index is 1.83. The van der Waals surface area contributed by atoms with Crippen LogP contribution in [0.2, 0.25) is 0 Å². The van der Waals surface area contributed by atoms with E-state index >= 15 is 0 Å². The van der Waals surface area contributed by atoms with Crippen LogP contribution in [0.3, 0.4) is 0 Å². The van der Waals surface area contributed by atoms with E-state index in [4.69, 9.17) is 10.00 Å². The Kier molecular flexibility index (Phi) is 4.48. The number of aryl methyl sites for hydroxylation is 1. The summed E-state index contributed by atoms with van der Waals surface area (Å²) in [5, 5.41) is 9.86. The molecule has 0 N–H and O–H groups in total. The van der Waals surface area contributed by atoms with Crippen molar-refractivity contribution in [2.45, 2.75) is 20.1 Å². The number of rotatable bonds is 5. The number of alkyl halides is 1. The molecule has 1 aromatic heterocycles. The van der Waals surface area contributed by atoms with Crippen molar-refractivity contribution in [3.8, 4) is 11.8 Å². The van der Waals surface area contributed by atoms with Crippen molar-refractivity contribution in [3.05, 3.63) is 65.1 Å². The lowest BCUT2D eigenvalue weighted by Crippen LogP contribution is -2.09. The van der Waals surface area contributed by atoms with Gasteiger partial charge in [-0.25, -0.2) is 8.78 Å². The zero-order valence-electron chi connectivity index (χ0n) is 13.2. The van der Waals surface area contributed by atoms with Gasteiger partial charge in [0.1, 0.15) is 24.8 Å². The number of nitriles is 1. The summed E-state index contributed by atoms with van der Waals surface area (Å²) in [5.74, 6) is 0.295. The van der Waals surface area contributed by atoms with Gasteiger partial charge in [0.05, 0.1) is 18.2 Å². The summed E-state index contributed by atoms with van der Waals surface area (Å²) in [4.78, 5) is 0. The fourth-order valence-electron chi connectivity index (χ4n) is 2.86. The van der Waals surface area contributed by atoms with E-state index < -0.39 is 6.67 Å². The molecule has 0 saturated heterocycles. The van der Waals surface area contributed by atoms with Crippen molar-refractivity contribution in [2.75, 3.05) is 6.61 Å². The Bertz CT molecular complexity index is 908. The summed E-state index contributed by atoms with van der Waals surface area (Å²) in [6.45, 7) is 2.24. The average molecular weight is 326 g/mol. The Morgan fingerprint density at radius 3 is 2.58 bits per heavy atom. The minimum atomic E-state index is -0.671. The van der Waals surface area contributed by atoms with Crippen LogP contribution >= 0.6 is 0 Å². The van der Waals surface area contributed by atoms with Gasteiger partial charge in [0, 0.05) is 22.2 Å². The van der Waals surface area contributed by atoms with E-state index in [0.717, 1.165) is 16.6 Å². The molecule has 0 aliphatic carbocycles. The summed E-state index contributed by atoms with van der Waals surface area (Å²) in [5.41, 5.74) is 2.64. The molecule has 0 aliphatic rings. The molecule has 0 bridgehead atoms. The highest BCUT2D eigenvalue weighted by Gasteiger charge is 2.13. The van der Waals surface area contributed by atoms with E-state index in [1.165, 1.54) is 12.1 Å². The molecule has 0 radical (unpaired) electrons. The van der Waals surface area contributed by atoms with Crippen LogP contribution in [0.4, 0.5) is 8.78 Å². The van der Waals surface area contributed by atoms with Crippen LogP contribution in [0.5, 0.6) is 5.75 Å². The number of benzene rings is 2. The van der Waals surface area contributed by atoms with Crippen LogP contribution in [0, 0.1) is 24.1 Å². The van der Waals surface area contributed by atoms with Crippen LogP contribution in [-0.4, -0.2) is 11.2 Å². The third kappa shape index (κ3) is 2.95. The Morgan fingerprint density at radius 2 is 1.92 bits per heavy atom. The normalized spacial score (nSPS) is 10.8. The number of nitrogens with zero attached hydrogens (tertiary/aromatic N) is 2. The topological polar surface area (TPSA) is 38.0 Å². The number of hydrogen-bond donors (Lipinski definition) is 0. The molecule has 0 aliphatic heterocycles. The molecule has 3 rings (SSSR count). The second-order valence-electron chi connectivity index (χ2n) is 5.51. The molecule has 122 valence electrons. The molecule has 0 fully saturated rings. The largest absolute Gasteiger partial charge is 0.492 e.